The Bertz CT molecular complexity index is 1470. The van der Waals surface area contributed by atoms with Crippen LogP contribution in [0, 0.1) is 35.1 Å². The molecule has 4 aromatic carbocycles. The van der Waals surface area contributed by atoms with Crippen molar-refractivity contribution in [2.24, 2.45) is 0 Å². The number of ether oxygens (including phenoxy) is 2. The molecule has 1 unspecified atom stereocenters. The Kier molecular flexibility index (Phi) is 7.62. The van der Waals surface area contributed by atoms with Gasteiger partial charge in [0.15, 0.2) is 11.5 Å². The Morgan fingerprint density at radius 1 is 0.711 bits per heavy atom. The monoisotopic (exact) mass is 517 g/mol. The molecule has 5 rings (SSSR count). The summed E-state index contributed by atoms with van der Waals surface area (Å²) in [6.45, 7) is 0.471. The largest absolute Gasteiger partial charge is 0.485 e. The Morgan fingerprint density at radius 2 is 1.26 bits per heavy atom. The third kappa shape index (κ3) is 6.34. The van der Waals surface area contributed by atoms with E-state index in [0.29, 0.717) is 35.6 Å². The van der Waals surface area contributed by atoms with Gasteiger partial charge in [-0.3, -0.25) is 5.32 Å². The van der Waals surface area contributed by atoms with Gasteiger partial charge in [0.2, 0.25) is 0 Å². The lowest BCUT2D eigenvalue weighted by atomic mass is 9.93. The highest BCUT2D eigenvalue weighted by atomic mass is 19.1. The fourth-order valence-electron chi connectivity index (χ4n) is 4.31. The summed E-state index contributed by atoms with van der Waals surface area (Å²) in [7, 11) is 0. The SMILES string of the molecule is Fc1cc(F)cc(COc2cc3c(cc2OCc2cc(F)cc(F)c2)C(C#Cc2ccccc2)NCC3)c1. The molecule has 0 fully saturated rings. The number of rotatable bonds is 6. The zero-order valence-corrected chi connectivity index (χ0v) is 20.2. The van der Waals surface area contributed by atoms with Crippen LogP contribution in [0.25, 0.3) is 0 Å². The quantitative estimate of drug-likeness (QED) is 0.230. The van der Waals surface area contributed by atoms with Gasteiger partial charge in [-0.1, -0.05) is 30.0 Å². The van der Waals surface area contributed by atoms with Crippen LogP contribution >= 0.6 is 0 Å². The molecular formula is C31H23F4NO2. The topological polar surface area (TPSA) is 30.5 Å². The van der Waals surface area contributed by atoms with Crippen LogP contribution in [0.2, 0.25) is 0 Å². The van der Waals surface area contributed by atoms with Crippen LogP contribution in [0.3, 0.4) is 0 Å². The first-order chi connectivity index (χ1) is 18.4. The lowest BCUT2D eigenvalue weighted by Crippen LogP contribution is -2.29. The molecule has 3 nitrogen and oxygen atoms in total. The summed E-state index contributed by atoms with van der Waals surface area (Å²) in [6.07, 6.45) is 0.708. The zero-order valence-electron chi connectivity index (χ0n) is 20.2. The van der Waals surface area contributed by atoms with Gasteiger partial charge in [-0.2, -0.15) is 0 Å². The Labute approximate surface area is 218 Å². The van der Waals surface area contributed by atoms with Crippen molar-refractivity contribution in [2.75, 3.05) is 6.54 Å². The number of fused-ring (bicyclic) bond motifs is 1. The molecule has 0 amide bonds. The molecule has 192 valence electrons. The summed E-state index contributed by atoms with van der Waals surface area (Å²) < 4.78 is 66.6. The van der Waals surface area contributed by atoms with E-state index in [1.807, 2.05) is 36.4 Å². The first kappa shape index (κ1) is 25.4. The number of hydrogen-bond acceptors (Lipinski definition) is 3. The van der Waals surface area contributed by atoms with Crippen LogP contribution < -0.4 is 14.8 Å². The number of hydrogen-bond donors (Lipinski definition) is 1. The van der Waals surface area contributed by atoms with E-state index in [1.54, 1.807) is 6.07 Å². The molecule has 1 aliphatic rings. The number of nitrogens with one attached hydrogen (secondary N) is 1. The normalized spacial score (nSPS) is 14.3. The second kappa shape index (κ2) is 11.4. The van der Waals surface area contributed by atoms with Gasteiger partial charge in [-0.25, -0.2) is 17.6 Å². The van der Waals surface area contributed by atoms with Crippen molar-refractivity contribution in [3.63, 3.8) is 0 Å². The lowest BCUT2D eigenvalue weighted by Gasteiger charge is -2.25. The van der Waals surface area contributed by atoms with Crippen molar-refractivity contribution in [1.29, 1.82) is 0 Å². The van der Waals surface area contributed by atoms with Crippen molar-refractivity contribution in [3.05, 3.63) is 130 Å². The molecule has 4 aromatic rings. The van der Waals surface area contributed by atoms with Crippen LogP contribution in [0.5, 0.6) is 11.5 Å². The molecule has 0 saturated carbocycles. The highest BCUT2D eigenvalue weighted by Crippen LogP contribution is 2.36. The summed E-state index contributed by atoms with van der Waals surface area (Å²) in [6, 6.07) is 19.3. The molecule has 0 radical (unpaired) electrons. The third-order valence-electron chi connectivity index (χ3n) is 6.03. The summed E-state index contributed by atoms with van der Waals surface area (Å²) in [5.74, 6) is 4.28. The van der Waals surface area contributed by atoms with E-state index in [2.05, 4.69) is 17.2 Å². The fourth-order valence-corrected chi connectivity index (χ4v) is 4.31. The molecule has 0 aromatic heterocycles. The highest BCUT2D eigenvalue weighted by Gasteiger charge is 2.22. The van der Waals surface area contributed by atoms with Crippen molar-refractivity contribution >= 4 is 0 Å². The molecule has 38 heavy (non-hydrogen) atoms. The molecule has 0 spiro atoms. The standard InChI is InChI=1S/C31H23F4NO2/c32-24-10-21(11-25(33)15-24)18-37-30-14-23-8-9-36-29(7-6-20-4-2-1-3-5-20)28(23)17-31(30)38-19-22-12-26(34)16-27(35)13-22/h1-5,10-17,29,36H,8-9,18-19H2. The second-order valence-electron chi connectivity index (χ2n) is 8.90. The highest BCUT2D eigenvalue weighted by molar-refractivity contribution is 5.52. The van der Waals surface area contributed by atoms with E-state index < -0.39 is 23.3 Å². The zero-order chi connectivity index (χ0) is 26.5. The number of benzene rings is 4. The molecule has 1 atom stereocenters. The summed E-state index contributed by atoms with van der Waals surface area (Å²) in [5, 5.41) is 3.40. The Balaban J connectivity index is 1.46. The van der Waals surface area contributed by atoms with Crippen LogP contribution in [-0.4, -0.2) is 6.54 Å². The second-order valence-corrected chi connectivity index (χ2v) is 8.90. The molecule has 1 heterocycles. The van der Waals surface area contributed by atoms with Crippen LogP contribution in [0.1, 0.15) is 33.9 Å². The van der Waals surface area contributed by atoms with E-state index in [1.165, 1.54) is 24.3 Å². The van der Waals surface area contributed by atoms with Gasteiger partial charge in [0.1, 0.15) is 36.5 Å². The number of halogens is 4. The Hall–Kier alpha value is -4.28. The smallest absolute Gasteiger partial charge is 0.162 e. The molecule has 0 aliphatic carbocycles. The maximum absolute atomic E-state index is 13.7. The average Bonchev–Trinajstić information content (AvgIpc) is 2.89. The first-order valence-electron chi connectivity index (χ1n) is 12.1. The van der Waals surface area contributed by atoms with Crippen molar-refractivity contribution < 1.29 is 27.0 Å². The predicted octanol–water partition coefficient (Wildman–Crippen LogP) is 6.64. The van der Waals surface area contributed by atoms with Gasteiger partial charge in [0, 0.05) is 24.2 Å². The minimum Gasteiger partial charge on any atom is -0.485 e. The molecular weight excluding hydrogens is 494 g/mol. The molecule has 0 bridgehead atoms. The maximum atomic E-state index is 13.7. The Morgan fingerprint density at radius 3 is 1.84 bits per heavy atom. The summed E-state index contributed by atoms with van der Waals surface area (Å²) in [5.41, 5.74) is 3.38. The van der Waals surface area contributed by atoms with E-state index in [-0.39, 0.29) is 19.3 Å². The molecule has 1 N–H and O–H groups in total. The minimum atomic E-state index is -0.709. The third-order valence-corrected chi connectivity index (χ3v) is 6.03. The van der Waals surface area contributed by atoms with Crippen molar-refractivity contribution in [2.45, 2.75) is 25.7 Å². The first-order valence-corrected chi connectivity index (χ1v) is 12.1. The van der Waals surface area contributed by atoms with Gasteiger partial charge in [0.05, 0.1) is 6.04 Å². The minimum absolute atomic E-state index is 0.103. The van der Waals surface area contributed by atoms with Gasteiger partial charge in [-0.05, 0) is 77.2 Å². The van der Waals surface area contributed by atoms with E-state index >= 15 is 0 Å². The van der Waals surface area contributed by atoms with Gasteiger partial charge in [0.25, 0.3) is 0 Å². The van der Waals surface area contributed by atoms with Gasteiger partial charge in [-0.15, -0.1) is 0 Å². The van der Waals surface area contributed by atoms with Crippen LogP contribution in [-0.2, 0) is 19.6 Å². The summed E-state index contributed by atoms with van der Waals surface area (Å²) >= 11 is 0. The average molecular weight is 518 g/mol. The molecule has 1 aliphatic heterocycles. The predicted molar refractivity (Wildman–Crippen MR) is 136 cm³/mol. The van der Waals surface area contributed by atoms with Crippen LogP contribution in [0.4, 0.5) is 17.6 Å². The van der Waals surface area contributed by atoms with E-state index in [4.69, 9.17) is 9.47 Å². The van der Waals surface area contributed by atoms with Crippen LogP contribution in [0.15, 0.2) is 78.9 Å². The van der Waals surface area contributed by atoms with Gasteiger partial charge < -0.3 is 9.47 Å². The van der Waals surface area contributed by atoms with E-state index in [0.717, 1.165) is 28.8 Å². The van der Waals surface area contributed by atoms with E-state index in [9.17, 15) is 17.6 Å². The summed E-state index contributed by atoms with van der Waals surface area (Å²) in [4.78, 5) is 0. The van der Waals surface area contributed by atoms with Crippen molar-refractivity contribution in [3.8, 4) is 23.3 Å². The van der Waals surface area contributed by atoms with Gasteiger partial charge >= 0.3 is 0 Å². The fraction of sp³-hybridized carbons (Fsp3) is 0.161. The van der Waals surface area contributed by atoms with Crippen molar-refractivity contribution in [1.82, 2.24) is 5.32 Å². The lowest BCUT2D eigenvalue weighted by molar-refractivity contribution is 0.254. The molecule has 7 heteroatoms. The molecule has 0 saturated heterocycles. The maximum Gasteiger partial charge on any atom is 0.162 e.